The van der Waals surface area contributed by atoms with Crippen LogP contribution in [0, 0.1) is 0 Å². The second-order valence-corrected chi connectivity index (χ2v) is 8.18. The van der Waals surface area contributed by atoms with E-state index < -0.39 is 42.2 Å². The van der Waals surface area contributed by atoms with Gasteiger partial charge in [0.05, 0.1) is 9.79 Å². The van der Waals surface area contributed by atoms with Gasteiger partial charge in [0.2, 0.25) is 0 Å². The largest absolute Gasteiger partial charge is 0.384 e. The molecule has 0 amide bonds. The van der Waals surface area contributed by atoms with Crippen LogP contribution in [-0.4, -0.2) is 36.2 Å². The van der Waals surface area contributed by atoms with Crippen molar-refractivity contribution in [1.29, 1.82) is 0 Å². The summed E-state index contributed by atoms with van der Waals surface area (Å²) in [6.45, 7) is 0. The van der Waals surface area contributed by atoms with Crippen molar-refractivity contribution in [2.75, 3.05) is 0 Å². The van der Waals surface area contributed by atoms with Gasteiger partial charge in [-0.2, -0.15) is 16.8 Å². The highest BCUT2D eigenvalue weighted by Crippen LogP contribution is 2.42. The van der Waals surface area contributed by atoms with Crippen molar-refractivity contribution in [2.24, 2.45) is 0 Å². The van der Waals surface area contributed by atoms with E-state index >= 15 is 0 Å². The molecule has 0 radical (unpaired) electrons. The Hall–Kier alpha value is -1.82. The Bertz CT molecular complexity index is 957. The zero-order valence-corrected chi connectivity index (χ0v) is 13.5. The Balaban J connectivity index is 2.23. The molecule has 8 nitrogen and oxygen atoms in total. The van der Waals surface area contributed by atoms with Crippen molar-refractivity contribution in [2.45, 2.75) is 22.0 Å². The Morgan fingerprint density at radius 1 is 0.625 bits per heavy atom. The van der Waals surface area contributed by atoms with Crippen molar-refractivity contribution in [3.8, 4) is 0 Å². The molecular weight excluding hydrogens is 360 g/mol. The zero-order chi connectivity index (χ0) is 17.9. The third-order valence-corrected chi connectivity index (χ3v) is 5.59. The number of fused-ring (bicyclic) bond motifs is 2. The molecule has 0 saturated carbocycles. The molecule has 0 aliphatic heterocycles. The van der Waals surface area contributed by atoms with E-state index in [9.17, 15) is 27.0 Å². The molecule has 0 spiro atoms. The van der Waals surface area contributed by atoms with E-state index in [1.807, 2.05) is 0 Å². The van der Waals surface area contributed by atoms with Crippen LogP contribution in [0.1, 0.15) is 34.5 Å². The van der Waals surface area contributed by atoms with E-state index in [2.05, 4.69) is 0 Å². The van der Waals surface area contributed by atoms with Crippen molar-refractivity contribution in [1.82, 2.24) is 0 Å². The highest BCUT2D eigenvalue weighted by atomic mass is 32.2. The van der Waals surface area contributed by atoms with Crippen LogP contribution in [0.15, 0.2) is 46.2 Å². The third kappa shape index (κ3) is 2.73. The third-order valence-electron chi connectivity index (χ3n) is 3.89. The normalized spacial score (nSPS) is 20.3. The summed E-state index contributed by atoms with van der Waals surface area (Å²) < 4.78 is 63.2. The maximum Gasteiger partial charge on any atom is 0.294 e. The highest BCUT2D eigenvalue weighted by molar-refractivity contribution is 7.86. The van der Waals surface area contributed by atoms with Gasteiger partial charge in [-0.3, -0.25) is 9.11 Å². The summed E-state index contributed by atoms with van der Waals surface area (Å²) in [6.07, 6.45) is -2.67. The number of aliphatic hydroxyl groups excluding tert-OH is 2. The predicted molar refractivity (Wildman–Crippen MR) is 80.6 cm³/mol. The molecule has 10 heteroatoms. The maximum atomic E-state index is 11.2. The Morgan fingerprint density at radius 2 is 0.958 bits per heavy atom. The van der Waals surface area contributed by atoms with Gasteiger partial charge in [-0.15, -0.1) is 0 Å². The first-order valence-corrected chi connectivity index (χ1v) is 9.47. The molecule has 2 aromatic rings. The van der Waals surface area contributed by atoms with E-state index in [1.165, 1.54) is 12.1 Å². The van der Waals surface area contributed by atoms with E-state index in [0.29, 0.717) is 0 Å². The van der Waals surface area contributed by atoms with Crippen LogP contribution in [0.5, 0.6) is 0 Å². The van der Waals surface area contributed by atoms with Gasteiger partial charge in [0.1, 0.15) is 12.2 Å². The topological polar surface area (TPSA) is 149 Å². The molecular formula is C14H12O8S2. The van der Waals surface area contributed by atoms with Crippen LogP contribution in [0.3, 0.4) is 0 Å². The van der Waals surface area contributed by atoms with Crippen molar-refractivity contribution >= 4 is 20.2 Å². The average molecular weight is 372 g/mol. The molecule has 0 heterocycles. The smallest absolute Gasteiger partial charge is 0.294 e. The summed E-state index contributed by atoms with van der Waals surface area (Å²) in [6, 6.07) is 6.68. The summed E-state index contributed by atoms with van der Waals surface area (Å²) in [4.78, 5) is -0.941. The van der Waals surface area contributed by atoms with Gasteiger partial charge in [-0.05, 0) is 46.5 Å². The first-order chi connectivity index (χ1) is 11.0. The fourth-order valence-corrected chi connectivity index (χ4v) is 3.77. The molecule has 0 unspecified atom stereocenters. The zero-order valence-electron chi connectivity index (χ0n) is 11.9. The SMILES string of the molecule is O=S(=O)(O)c1ccc2c(c1)C(O)c1cc(S(=O)(=O)O)ccc1C2O. The second-order valence-electron chi connectivity index (χ2n) is 5.34. The molecule has 4 N–H and O–H groups in total. The maximum absolute atomic E-state index is 11.2. The minimum Gasteiger partial charge on any atom is -0.384 e. The first-order valence-electron chi connectivity index (χ1n) is 6.59. The molecule has 0 fully saturated rings. The molecule has 128 valence electrons. The lowest BCUT2D eigenvalue weighted by atomic mass is 9.82. The standard InChI is InChI=1S/C14H12O8S2/c15-13-9-3-1-7(23(17,18)19)5-11(9)14(16)12-6-8(24(20,21)22)2-4-10(12)13/h1-6,13-16H,(H,17,18,19)(H,20,21,22). The van der Waals surface area contributed by atoms with Crippen LogP contribution in [-0.2, 0) is 20.2 Å². The van der Waals surface area contributed by atoms with Crippen LogP contribution in [0.4, 0.5) is 0 Å². The van der Waals surface area contributed by atoms with Gasteiger partial charge in [-0.25, -0.2) is 0 Å². The van der Waals surface area contributed by atoms with Crippen LogP contribution < -0.4 is 0 Å². The summed E-state index contributed by atoms with van der Waals surface area (Å²) in [5.41, 5.74) is 0.472. The van der Waals surface area contributed by atoms with Gasteiger partial charge in [0.15, 0.2) is 0 Å². The van der Waals surface area contributed by atoms with Crippen molar-refractivity contribution in [3.63, 3.8) is 0 Å². The molecule has 0 aromatic heterocycles. The minimum atomic E-state index is -4.51. The monoisotopic (exact) mass is 372 g/mol. The molecule has 2 aromatic carbocycles. The van der Waals surface area contributed by atoms with Crippen LogP contribution >= 0.6 is 0 Å². The summed E-state index contributed by atoms with van der Waals surface area (Å²) in [5.74, 6) is 0. The highest BCUT2D eigenvalue weighted by Gasteiger charge is 2.32. The lowest BCUT2D eigenvalue weighted by molar-refractivity contribution is 0.172. The molecule has 0 saturated heterocycles. The van der Waals surface area contributed by atoms with Crippen LogP contribution in [0.25, 0.3) is 0 Å². The van der Waals surface area contributed by atoms with Gasteiger partial charge in [0.25, 0.3) is 20.2 Å². The number of benzene rings is 2. The average Bonchev–Trinajstić information content (AvgIpc) is 2.49. The molecule has 0 bridgehead atoms. The Labute approximate surface area is 137 Å². The van der Waals surface area contributed by atoms with Gasteiger partial charge in [0, 0.05) is 0 Å². The van der Waals surface area contributed by atoms with Crippen molar-refractivity contribution in [3.05, 3.63) is 58.7 Å². The predicted octanol–water partition coefficient (Wildman–Crippen LogP) is 0.657. The van der Waals surface area contributed by atoms with Gasteiger partial charge >= 0.3 is 0 Å². The van der Waals surface area contributed by atoms with Gasteiger partial charge in [-0.1, -0.05) is 12.1 Å². The lowest BCUT2D eigenvalue weighted by Crippen LogP contribution is -2.19. The lowest BCUT2D eigenvalue weighted by Gasteiger charge is -2.29. The van der Waals surface area contributed by atoms with Crippen LogP contribution in [0.2, 0.25) is 0 Å². The van der Waals surface area contributed by atoms with Gasteiger partial charge < -0.3 is 10.2 Å². The first kappa shape index (κ1) is 17.0. The molecule has 0 atom stereocenters. The fraction of sp³-hybridized carbons (Fsp3) is 0.143. The van der Waals surface area contributed by atoms with Crippen molar-refractivity contribution < 1.29 is 36.2 Å². The number of hydrogen-bond acceptors (Lipinski definition) is 6. The number of hydrogen-bond donors (Lipinski definition) is 4. The molecule has 24 heavy (non-hydrogen) atoms. The number of aliphatic hydroxyl groups is 2. The minimum absolute atomic E-state index is 0.0117. The molecule has 1 aliphatic carbocycles. The van der Waals surface area contributed by atoms with E-state index in [4.69, 9.17) is 9.11 Å². The van der Waals surface area contributed by atoms with E-state index in [1.54, 1.807) is 0 Å². The fourth-order valence-electron chi connectivity index (χ4n) is 2.73. The summed E-state index contributed by atoms with van der Waals surface area (Å²) >= 11 is 0. The Kier molecular flexibility index (Phi) is 3.79. The second kappa shape index (κ2) is 5.34. The van der Waals surface area contributed by atoms with E-state index in [-0.39, 0.29) is 22.3 Å². The quantitative estimate of drug-likeness (QED) is 0.562. The molecule has 3 rings (SSSR count). The molecule has 1 aliphatic rings. The summed E-state index contributed by atoms with van der Waals surface area (Å²) in [5, 5.41) is 20.8. The Morgan fingerprint density at radius 3 is 1.29 bits per heavy atom. The van der Waals surface area contributed by atoms with E-state index in [0.717, 1.165) is 24.3 Å². The number of rotatable bonds is 2. The summed E-state index contributed by atoms with van der Waals surface area (Å²) in [7, 11) is -9.03.